The Kier molecular flexibility index (Phi) is 5.06. The molecule has 0 saturated carbocycles. The summed E-state index contributed by atoms with van der Waals surface area (Å²) in [6, 6.07) is 12.9. The average Bonchev–Trinajstić information content (AvgIpc) is 2.99. The highest BCUT2D eigenvalue weighted by molar-refractivity contribution is 7.92. The number of hydrogen-bond acceptors (Lipinski definition) is 5. The lowest BCUT2D eigenvalue weighted by Crippen LogP contribution is -2.16. The quantitative estimate of drug-likeness (QED) is 0.697. The summed E-state index contributed by atoms with van der Waals surface area (Å²) >= 11 is 1.31. The van der Waals surface area contributed by atoms with Crippen molar-refractivity contribution in [3.8, 4) is 0 Å². The first-order valence-electron chi connectivity index (χ1n) is 7.76. The Morgan fingerprint density at radius 2 is 1.85 bits per heavy atom. The number of nitrogens with zero attached hydrogens (tertiary/aromatic N) is 1. The van der Waals surface area contributed by atoms with Crippen molar-refractivity contribution >= 4 is 38.1 Å². The van der Waals surface area contributed by atoms with Gasteiger partial charge in [0.05, 0.1) is 10.6 Å². The van der Waals surface area contributed by atoms with Crippen molar-refractivity contribution < 1.29 is 13.2 Å². The number of carbonyl (C=O) groups is 1. The van der Waals surface area contributed by atoms with E-state index >= 15 is 0 Å². The molecule has 0 aliphatic rings. The van der Waals surface area contributed by atoms with Gasteiger partial charge in [-0.1, -0.05) is 18.2 Å². The number of aryl methyl sites for hydroxylation is 2. The van der Waals surface area contributed by atoms with Crippen LogP contribution in [0.5, 0.6) is 0 Å². The molecule has 6 nitrogen and oxygen atoms in total. The topological polar surface area (TPSA) is 88.2 Å². The summed E-state index contributed by atoms with van der Waals surface area (Å²) in [5.74, 6) is -0.410. The number of benzene rings is 2. The summed E-state index contributed by atoms with van der Waals surface area (Å²) in [4.78, 5) is 16.5. The molecular formula is C18H17N3O3S2. The van der Waals surface area contributed by atoms with Crippen molar-refractivity contribution in [1.29, 1.82) is 0 Å². The van der Waals surface area contributed by atoms with Crippen molar-refractivity contribution in [2.45, 2.75) is 18.7 Å². The van der Waals surface area contributed by atoms with E-state index < -0.39 is 15.9 Å². The van der Waals surface area contributed by atoms with E-state index in [9.17, 15) is 13.2 Å². The molecule has 0 fully saturated rings. The molecule has 8 heteroatoms. The minimum absolute atomic E-state index is 0.0157. The van der Waals surface area contributed by atoms with Crippen molar-refractivity contribution in [1.82, 2.24) is 4.98 Å². The van der Waals surface area contributed by atoms with Gasteiger partial charge in [0, 0.05) is 16.6 Å². The molecular weight excluding hydrogens is 370 g/mol. The molecule has 0 aliphatic carbocycles. The summed E-state index contributed by atoms with van der Waals surface area (Å²) in [6.45, 7) is 3.71. The minimum atomic E-state index is -3.80. The molecule has 1 heterocycles. The van der Waals surface area contributed by atoms with Gasteiger partial charge in [0.1, 0.15) is 0 Å². The Morgan fingerprint density at radius 3 is 2.54 bits per heavy atom. The first-order chi connectivity index (χ1) is 12.3. The number of thiazole rings is 1. The Balaban J connectivity index is 1.82. The van der Waals surface area contributed by atoms with Gasteiger partial charge < -0.3 is 0 Å². The smallest absolute Gasteiger partial charge is 0.261 e. The van der Waals surface area contributed by atoms with Crippen LogP contribution < -0.4 is 10.0 Å². The summed E-state index contributed by atoms with van der Waals surface area (Å²) in [6.07, 6.45) is 0. The second-order valence-corrected chi connectivity index (χ2v) is 8.29. The molecule has 26 heavy (non-hydrogen) atoms. The van der Waals surface area contributed by atoms with Gasteiger partial charge in [-0.3, -0.25) is 14.8 Å². The standard InChI is InChI=1S/C18H17N3O3S2/c1-12-5-3-7-15(9-12)21-26(23,24)16-8-4-6-14(10-16)17(22)20-18-19-13(2)11-25-18/h3-11,21H,1-2H3,(H,19,20,22). The molecule has 134 valence electrons. The van der Waals surface area contributed by atoms with Crippen molar-refractivity contribution in [2.75, 3.05) is 10.0 Å². The van der Waals surface area contributed by atoms with Crippen LogP contribution in [0.4, 0.5) is 10.8 Å². The molecule has 0 aliphatic heterocycles. The van der Waals surface area contributed by atoms with Crippen molar-refractivity contribution in [3.05, 3.63) is 70.7 Å². The zero-order chi connectivity index (χ0) is 18.7. The summed E-state index contributed by atoms with van der Waals surface area (Å²) in [7, 11) is -3.80. The number of rotatable bonds is 5. The van der Waals surface area contributed by atoms with Crippen LogP contribution in [-0.2, 0) is 10.0 Å². The van der Waals surface area contributed by atoms with Crippen LogP contribution in [0.3, 0.4) is 0 Å². The first kappa shape index (κ1) is 18.1. The van der Waals surface area contributed by atoms with Gasteiger partial charge >= 0.3 is 0 Å². The SMILES string of the molecule is Cc1cccc(NS(=O)(=O)c2cccc(C(=O)Nc3nc(C)cs3)c2)c1. The van der Waals surface area contributed by atoms with E-state index in [1.807, 2.05) is 25.3 Å². The lowest BCUT2D eigenvalue weighted by atomic mass is 10.2. The van der Waals surface area contributed by atoms with E-state index in [1.54, 1.807) is 24.3 Å². The predicted octanol–water partition coefficient (Wildman–Crippen LogP) is 3.81. The fourth-order valence-corrected chi connectivity index (χ4v) is 4.09. The third-order valence-corrected chi connectivity index (χ3v) is 5.77. The van der Waals surface area contributed by atoms with Gasteiger partial charge in [-0.2, -0.15) is 0 Å². The lowest BCUT2D eigenvalue weighted by Gasteiger charge is -2.10. The van der Waals surface area contributed by atoms with E-state index in [1.165, 1.54) is 29.5 Å². The van der Waals surface area contributed by atoms with Crippen LogP contribution in [0.25, 0.3) is 0 Å². The molecule has 0 unspecified atom stereocenters. The summed E-state index contributed by atoms with van der Waals surface area (Å²) in [5.41, 5.74) is 2.46. The average molecular weight is 387 g/mol. The normalized spacial score (nSPS) is 11.2. The van der Waals surface area contributed by atoms with E-state index in [4.69, 9.17) is 0 Å². The van der Waals surface area contributed by atoms with Gasteiger partial charge in [0.15, 0.2) is 5.13 Å². The molecule has 1 aromatic heterocycles. The van der Waals surface area contributed by atoms with Crippen LogP contribution in [0, 0.1) is 13.8 Å². The maximum absolute atomic E-state index is 12.6. The Bertz CT molecular complexity index is 1060. The van der Waals surface area contributed by atoms with Crippen LogP contribution in [0.15, 0.2) is 58.8 Å². The number of sulfonamides is 1. The van der Waals surface area contributed by atoms with E-state index in [-0.39, 0.29) is 10.5 Å². The highest BCUT2D eigenvalue weighted by Gasteiger charge is 2.17. The van der Waals surface area contributed by atoms with Crippen LogP contribution in [0.2, 0.25) is 0 Å². The molecule has 0 spiro atoms. The Labute approximate surface area is 156 Å². The third kappa shape index (κ3) is 4.27. The van der Waals surface area contributed by atoms with E-state index in [2.05, 4.69) is 15.0 Å². The second-order valence-electron chi connectivity index (χ2n) is 5.75. The Hall–Kier alpha value is -2.71. The molecule has 0 bridgehead atoms. The Morgan fingerprint density at radius 1 is 1.08 bits per heavy atom. The fourth-order valence-electron chi connectivity index (χ4n) is 2.31. The van der Waals surface area contributed by atoms with Gasteiger partial charge in [0.25, 0.3) is 15.9 Å². The molecule has 2 aromatic carbocycles. The zero-order valence-corrected chi connectivity index (χ0v) is 15.8. The molecule has 0 atom stereocenters. The fraction of sp³-hybridized carbons (Fsp3) is 0.111. The van der Waals surface area contributed by atoms with Crippen molar-refractivity contribution in [2.24, 2.45) is 0 Å². The van der Waals surface area contributed by atoms with Crippen LogP contribution in [0.1, 0.15) is 21.6 Å². The number of nitrogens with one attached hydrogen (secondary N) is 2. The molecule has 0 saturated heterocycles. The number of aromatic nitrogens is 1. The first-order valence-corrected chi connectivity index (χ1v) is 10.1. The van der Waals surface area contributed by atoms with E-state index in [0.717, 1.165) is 11.3 Å². The predicted molar refractivity (Wildman–Crippen MR) is 103 cm³/mol. The van der Waals surface area contributed by atoms with E-state index in [0.29, 0.717) is 10.8 Å². The number of amides is 1. The molecule has 0 radical (unpaired) electrons. The molecule has 1 amide bonds. The monoisotopic (exact) mass is 387 g/mol. The number of hydrogen-bond donors (Lipinski definition) is 2. The van der Waals surface area contributed by atoms with Gasteiger partial charge in [-0.25, -0.2) is 13.4 Å². The van der Waals surface area contributed by atoms with Gasteiger partial charge in [0.2, 0.25) is 0 Å². The van der Waals surface area contributed by atoms with Gasteiger partial charge in [-0.15, -0.1) is 11.3 Å². The van der Waals surface area contributed by atoms with Crippen LogP contribution >= 0.6 is 11.3 Å². The molecule has 3 aromatic rings. The maximum atomic E-state index is 12.6. The zero-order valence-electron chi connectivity index (χ0n) is 14.2. The highest BCUT2D eigenvalue weighted by Crippen LogP contribution is 2.20. The number of carbonyl (C=O) groups excluding carboxylic acids is 1. The number of anilines is 2. The summed E-state index contributed by atoms with van der Waals surface area (Å²) in [5, 5.41) is 4.96. The molecule has 2 N–H and O–H groups in total. The molecule has 3 rings (SSSR count). The lowest BCUT2D eigenvalue weighted by molar-refractivity contribution is 0.102. The largest absolute Gasteiger partial charge is 0.298 e. The maximum Gasteiger partial charge on any atom is 0.261 e. The second kappa shape index (κ2) is 7.27. The summed E-state index contributed by atoms with van der Waals surface area (Å²) < 4.78 is 27.7. The van der Waals surface area contributed by atoms with Crippen molar-refractivity contribution in [3.63, 3.8) is 0 Å². The van der Waals surface area contributed by atoms with Crippen LogP contribution in [-0.4, -0.2) is 19.3 Å². The minimum Gasteiger partial charge on any atom is -0.298 e. The van der Waals surface area contributed by atoms with Gasteiger partial charge in [-0.05, 0) is 49.7 Å². The third-order valence-electron chi connectivity index (χ3n) is 3.52. The highest BCUT2D eigenvalue weighted by atomic mass is 32.2.